The number of carbonyl (C=O) groups excluding carboxylic acids is 1. The molecule has 2 aromatic rings. The number of oxime groups is 1. The van der Waals surface area contributed by atoms with Crippen LogP contribution in [0.3, 0.4) is 0 Å². The lowest BCUT2D eigenvalue weighted by Crippen LogP contribution is -2.19. The Bertz CT molecular complexity index is 987. The Kier molecular flexibility index (Phi) is 4.43. The highest BCUT2D eigenvalue weighted by atomic mass is 16.6. The monoisotopic (exact) mass is 363 g/mol. The topological polar surface area (TPSA) is 103 Å². The Balaban J connectivity index is 1.81. The van der Waals surface area contributed by atoms with Crippen molar-refractivity contribution >= 4 is 41.9 Å². The molecule has 2 aromatic carbocycles. The molecule has 0 saturated heterocycles. The molecule has 2 aliphatic rings. The number of fused-ring (bicyclic) bond motifs is 2. The van der Waals surface area contributed by atoms with Crippen molar-refractivity contribution in [2.75, 3.05) is 23.8 Å². The molecule has 8 heteroatoms. The highest BCUT2D eigenvalue weighted by Crippen LogP contribution is 2.38. The zero-order chi connectivity index (χ0) is 19.0. The van der Waals surface area contributed by atoms with Crippen LogP contribution in [0.1, 0.15) is 11.1 Å². The molecule has 0 bridgehead atoms. The third-order valence-electron chi connectivity index (χ3n) is 4.48. The van der Waals surface area contributed by atoms with E-state index in [1.54, 1.807) is 0 Å². The predicted octanol–water partition coefficient (Wildman–Crippen LogP) is -0.192. The Morgan fingerprint density at radius 3 is 2.74 bits per heavy atom. The maximum absolute atomic E-state index is 12.7. The van der Waals surface area contributed by atoms with Crippen molar-refractivity contribution in [2.24, 2.45) is 5.16 Å². The van der Waals surface area contributed by atoms with Gasteiger partial charge < -0.3 is 25.7 Å². The molecule has 0 aliphatic carbocycles. The zero-order valence-corrected chi connectivity index (χ0v) is 14.7. The number of hydrogen-bond donors (Lipinski definition) is 4. The maximum atomic E-state index is 12.7. The molecule has 1 amide bonds. The number of rotatable bonds is 4. The van der Waals surface area contributed by atoms with E-state index in [9.17, 15) is 9.90 Å². The van der Waals surface area contributed by atoms with Gasteiger partial charge in [0.25, 0.3) is 5.91 Å². The van der Waals surface area contributed by atoms with Gasteiger partial charge in [0.2, 0.25) is 0 Å². The van der Waals surface area contributed by atoms with Crippen molar-refractivity contribution in [1.29, 1.82) is 0 Å². The molecule has 7 nitrogen and oxygen atoms in total. The molecule has 4 rings (SSSR count). The van der Waals surface area contributed by atoms with Gasteiger partial charge in [-0.2, -0.15) is 0 Å². The van der Waals surface area contributed by atoms with E-state index in [1.807, 2.05) is 50.3 Å². The normalized spacial score (nSPS) is 20.1. The second-order valence-electron chi connectivity index (χ2n) is 6.50. The molecule has 1 unspecified atom stereocenters. The van der Waals surface area contributed by atoms with Gasteiger partial charge in [-0.15, -0.1) is 0 Å². The average molecular weight is 363 g/mol. The fourth-order valence-electron chi connectivity index (χ4n) is 3.18. The summed E-state index contributed by atoms with van der Waals surface area (Å²) in [5.74, 6) is -0.214. The first-order valence-electron chi connectivity index (χ1n) is 8.61. The molecule has 27 heavy (non-hydrogen) atoms. The van der Waals surface area contributed by atoms with Crippen LogP contribution in [0.5, 0.6) is 0 Å². The number of anilines is 2. The first-order valence-corrected chi connectivity index (χ1v) is 8.61. The molecular formula is C19H18BN3O4. The van der Waals surface area contributed by atoms with Crippen molar-refractivity contribution in [2.45, 2.75) is 6.10 Å². The molecule has 0 aromatic heterocycles. The number of carbonyl (C=O) groups is 1. The van der Waals surface area contributed by atoms with Gasteiger partial charge in [-0.05, 0) is 12.1 Å². The average Bonchev–Trinajstić information content (AvgIpc) is 3.17. The Morgan fingerprint density at radius 2 is 1.93 bits per heavy atom. The van der Waals surface area contributed by atoms with Gasteiger partial charge in [0.1, 0.15) is 26.3 Å². The summed E-state index contributed by atoms with van der Waals surface area (Å²) < 4.78 is 0. The predicted molar refractivity (Wildman–Crippen MR) is 106 cm³/mol. The molecule has 0 spiro atoms. The number of para-hydroxylation sites is 1. The third kappa shape index (κ3) is 3.09. The molecule has 4 N–H and O–H groups in total. The molecule has 1 atom stereocenters. The molecular weight excluding hydrogens is 345 g/mol. The summed E-state index contributed by atoms with van der Waals surface area (Å²) in [6.07, 6.45) is -1.02. The van der Waals surface area contributed by atoms with E-state index in [0.29, 0.717) is 17.0 Å². The SMILES string of the molecule is Bc1ccc2c(c1)NC(=O)/C2=C1\Nc2ccccc2\C1=N/OCC(O)CO. The summed E-state index contributed by atoms with van der Waals surface area (Å²) in [7, 11) is 1.97. The molecule has 0 radical (unpaired) electrons. The molecule has 0 saturated carbocycles. The molecule has 2 aliphatic heterocycles. The Hall–Kier alpha value is -3.10. The Morgan fingerprint density at radius 1 is 1.11 bits per heavy atom. The van der Waals surface area contributed by atoms with E-state index in [4.69, 9.17) is 9.94 Å². The lowest BCUT2D eigenvalue weighted by atomic mass is 9.92. The van der Waals surface area contributed by atoms with Gasteiger partial charge in [-0.3, -0.25) is 4.79 Å². The Labute approximate surface area is 156 Å². The quantitative estimate of drug-likeness (QED) is 0.343. The summed E-state index contributed by atoms with van der Waals surface area (Å²) >= 11 is 0. The lowest BCUT2D eigenvalue weighted by molar-refractivity contribution is -0.110. The van der Waals surface area contributed by atoms with Crippen molar-refractivity contribution in [3.63, 3.8) is 0 Å². The fraction of sp³-hybridized carbons (Fsp3) is 0.158. The first-order chi connectivity index (χ1) is 13.1. The number of benzene rings is 2. The van der Waals surface area contributed by atoms with Gasteiger partial charge >= 0.3 is 0 Å². The first kappa shape index (κ1) is 17.3. The number of aliphatic hydroxyl groups is 2. The van der Waals surface area contributed by atoms with Crippen LogP contribution in [0.2, 0.25) is 0 Å². The van der Waals surface area contributed by atoms with Gasteiger partial charge in [-0.1, -0.05) is 41.0 Å². The maximum Gasteiger partial charge on any atom is 0.258 e. The summed E-state index contributed by atoms with van der Waals surface area (Å²) in [6.45, 7) is -0.560. The second kappa shape index (κ2) is 6.90. The van der Waals surface area contributed by atoms with Gasteiger partial charge in [0, 0.05) is 22.5 Å². The zero-order valence-electron chi connectivity index (χ0n) is 14.7. The standard InChI is InChI=1S/C19H18BN3O4/c20-10-5-6-12-15(7-10)22-19(26)16(12)18-17(23-27-9-11(25)8-24)13-3-1-2-4-14(13)21-18/h1-7,11,21,24-25H,8-9,20H2,(H,22,26)/b18-16-,23-17+. The van der Waals surface area contributed by atoms with Crippen molar-refractivity contribution in [3.05, 3.63) is 59.3 Å². The smallest absolute Gasteiger partial charge is 0.258 e. The van der Waals surface area contributed by atoms with Crippen LogP contribution in [0, 0.1) is 0 Å². The molecule has 136 valence electrons. The van der Waals surface area contributed by atoms with E-state index in [-0.39, 0.29) is 12.5 Å². The minimum absolute atomic E-state index is 0.146. The summed E-state index contributed by atoms with van der Waals surface area (Å²) in [5, 5.41) is 28.7. The van der Waals surface area contributed by atoms with Gasteiger partial charge in [-0.25, -0.2) is 0 Å². The van der Waals surface area contributed by atoms with Crippen LogP contribution >= 0.6 is 0 Å². The summed E-state index contributed by atoms with van der Waals surface area (Å²) in [6, 6.07) is 13.3. The fourth-order valence-corrected chi connectivity index (χ4v) is 3.18. The van der Waals surface area contributed by atoms with Crippen LogP contribution in [-0.4, -0.2) is 49.0 Å². The van der Waals surface area contributed by atoms with Gasteiger partial charge in [0.05, 0.1) is 17.9 Å². The van der Waals surface area contributed by atoms with Crippen molar-refractivity contribution < 1.29 is 19.8 Å². The van der Waals surface area contributed by atoms with Crippen molar-refractivity contribution in [1.82, 2.24) is 0 Å². The van der Waals surface area contributed by atoms with E-state index >= 15 is 0 Å². The van der Waals surface area contributed by atoms with E-state index < -0.39 is 12.7 Å². The van der Waals surface area contributed by atoms with Crippen LogP contribution in [-0.2, 0) is 9.63 Å². The highest BCUT2D eigenvalue weighted by molar-refractivity contribution is 6.40. The van der Waals surface area contributed by atoms with E-state index in [2.05, 4.69) is 15.8 Å². The minimum Gasteiger partial charge on any atom is -0.394 e. The number of hydrogen-bond acceptors (Lipinski definition) is 6. The second-order valence-corrected chi connectivity index (χ2v) is 6.50. The number of nitrogens with one attached hydrogen (secondary N) is 2. The number of amides is 1. The number of allylic oxidation sites excluding steroid dienone is 1. The van der Waals surface area contributed by atoms with Crippen LogP contribution in [0.25, 0.3) is 5.57 Å². The van der Waals surface area contributed by atoms with Crippen LogP contribution in [0.15, 0.2) is 53.3 Å². The molecule has 0 fully saturated rings. The largest absolute Gasteiger partial charge is 0.394 e. The van der Waals surface area contributed by atoms with E-state index in [1.165, 1.54) is 0 Å². The lowest BCUT2D eigenvalue weighted by Gasteiger charge is -2.08. The van der Waals surface area contributed by atoms with Crippen molar-refractivity contribution in [3.8, 4) is 0 Å². The van der Waals surface area contributed by atoms with Crippen LogP contribution in [0.4, 0.5) is 11.4 Å². The molecule has 2 heterocycles. The third-order valence-corrected chi connectivity index (χ3v) is 4.48. The van der Waals surface area contributed by atoms with Gasteiger partial charge in [0.15, 0.2) is 0 Å². The number of nitrogens with zero attached hydrogens (tertiary/aromatic N) is 1. The summed E-state index contributed by atoms with van der Waals surface area (Å²) in [5.41, 5.74) is 5.75. The van der Waals surface area contributed by atoms with Crippen LogP contribution < -0.4 is 16.1 Å². The summed E-state index contributed by atoms with van der Waals surface area (Å²) in [4.78, 5) is 17.9. The van der Waals surface area contributed by atoms with E-state index in [0.717, 1.165) is 28.0 Å². The number of aliphatic hydroxyl groups excluding tert-OH is 2. The highest BCUT2D eigenvalue weighted by Gasteiger charge is 2.34. The minimum atomic E-state index is -1.02.